The Morgan fingerprint density at radius 1 is 1.33 bits per heavy atom. The number of sulfonamides is 1. The van der Waals surface area contributed by atoms with Crippen LogP contribution in [0.25, 0.3) is 0 Å². The van der Waals surface area contributed by atoms with Crippen molar-refractivity contribution >= 4 is 21.6 Å². The molecule has 0 spiro atoms. The van der Waals surface area contributed by atoms with E-state index in [1.807, 2.05) is 6.92 Å². The summed E-state index contributed by atoms with van der Waals surface area (Å²) in [5.41, 5.74) is 7.74. The first-order valence-electron chi connectivity index (χ1n) is 6.89. The second-order valence-electron chi connectivity index (χ2n) is 5.48. The van der Waals surface area contributed by atoms with Gasteiger partial charge in [0.1, 0.15) is 0 Å². The molecular weight excluding hydrogens is 290 g/mol. The predicted molar refractivity (Wildman–Crippen MR) is 82.5 cm³/mol. The Kier molecular flexibility index (Phi) is 4.53. The number of nitrogens with one attached hydrogen (secondary N) is 1. The summed E-state index contributed by atoms with van der Waals surface area (Å²) >= 11 is 0. The lowest BCUT2D eigenvalue weighted by Crippen LogP contribution is -2.46. The number of benzene rings is 1. The monoisotopic (exact) mass is 311 g/mol. The van der Waals surface area contributed by atoms with E-state index in [0.29, 0.717) is 37.2 Å². The quantitative estimate of drug-likeness (QED) is 0.805. The van der Waals surface area contributed by atoms with Crippen LogP contribution in [-0.4, -0.2) is 44.0 Å². The molecule has 1 aliphatic rings. The minimum absolute atomic E-state index is 0.00690. The number of nitrogens with two attached hydrogens (primary N) is 1. The summed E-state index contributed by atoms with van der Waals surface area (Å²) < 4.78 is 24.3. The molecule has 1 aliphatic heterocycles. The fourth-order valence-corrected chi connectivity index (χ4v) is 3.41. The Morgan fingerprint density at radius 2 is 1.95 bits per heavy atom. The van der Waals surface area contributed by atoms with Gasteiger partial charge in [-0.1, -0.05) is 0 Å². The molecule has 0 bridgehead atoms. The van der Waals surface area contributed by atoms with Crippen LogP contribution in [-0.2, 0) is 10.0 Å². The Labute approximate surface area is 125 Å². The first-order valence-corrected chi connectivity index (χ1v) is 8.74. The van der Waals surface area contributed by atoms with Gasteiger partial charge in [0.2, 0.25) is 10.0 Å². The Morgan fingerprint density at radius 3 is 2.48 bits per heavy atom. The van der Waals surface area contributed by atoms with Gasteiger partial charge in [0.15, 0.2) is 0 Å². The molecule has 1 fully saturated rings. The minimum Gasteiger partial charge on any atom is -0.399 e. The van der Waals surface area contributed by atoms with Crippen LogP contribution in [0.15, 0.2) is 18.2 Å². The lowest BCUT2D eigenvalue weighted by Gasteiger charge is -2.30. The molecule has 1 saturated heterocycles. The lowest BCUT2D eigenvalue weighted by atomic mass is 10.0. The van der Waals surface area contributed by atoms with Crippen LogP contribution in [0, 0.1) is 6.92 Å². The van der Waals surface area contributed by atoms with Crippen LogP contribution in [0.5, 0.6) is 0 Å². The number of nitrogens with zero attached hydrogens (tertiary/aromatic N) is 1. The van der Waals surface area contributed by atoms with Crippen LogP contribution in [0.2, 0.25) is 0 Å². The van der Waals surface area contributed by atoms with Crippen molar-refractivity contribution in [2.45, 2.75) is 25.8 Å². The normalized spacial score (nSPS) is 17.6. The van der Waals surface area contributed by atoms with Crippen LogP contribution < -0.4 is 11.1 Å². The molecule has 21 heavy (non-hydrogen) atoms. The average Bonchev–Trinajstić information content (AvgIpc) is 2.38. The largest absolute Gasteiger partial charge is 0.399 e. The maximum Gasteiger partial charge on any atom is 0.251 e. The van der Waals surface area contributed by atoms with E-state index in [4.69, 9.17) is 5.73 Å². The fourth-order valence-electron chi connectivity index (χ4n) is 2.54. The number of anilines is 1. The number of hydrogen-bond acceptors (Lipinski definition) is 4. The molecule has 0 aromatic heterocycles. The highest BCUT2D eigenvalue weighted by molar-refractivity contribution is 7.88. The summed E-state index contributed by atoms with van der Waals surface area (Å²) in [4.78, 5) is 12.2. The van der Waals surface area contributed by atoms with Crippen molar-refractivity contribution in [2.24, 2.45) is 0 Å². The Balaban J connectivity index is 1.96. The number of piperidine rings is 1. The maximum atomic E-state index is 12.2. The first-order chi connectivity index (χ1) is 9.77. The number of rotatable bonds is 3. The van der Waals surface area contributed by atoms with Gasteiger partial charge in [-0.05, 0) is 43.5 Å². The van der Waals surface area contributed by atoms with Gasteiger partial charge in [0.05, 0.1) is 6.26 Å². The van der Waals surface area contributed by atoms with Gasteiger partial charge in [-0.2, -0.15) is 0 Å². The number of hydrogen-bond donors (Lipinski definition) is 2. The molecule has 0 radical (unpaired) electrons. The average molecular weight is 311 g/mol. The molecule has 0 saturated carbocycles. The second-order valence-corrected chi connectivity index (χ2v) is 7.47. The lowest BCUT2D eigenvalue weighted by molar-refractivity contribution is 0.0923. The molecule has 3 N–H and O–H groups in total. The molecule has 0 unspecified atom stereocenters. The van der Waals surface area contributed by atoms with E-state index in [2.05, 4.69) is 5.32 Å². The summed E-state index contributed by atoms with van der Waals surface area (Å²) in [6.07, 6.45) is 2.48. The van der Waals surface area contributed by atoms with Gasteiger partial charge in [-0.25, -0.2) is 12.7 Å². The molecule has 0 atom stereocenters. The van der Waals surface area contributed by atoms with Crippen molar-refractivity contribution in [3.05, 3.63) is 29.3 Å². The van der Waals surface area contributed by atoms with Crippen LogP contribution >= 0.6 is 0 Å². The van der Waals surface area contributed by atoms with Crippen molar-refractivity contribution in [1.29, 1.82) is 0 Å². The number of amides is 1. The Bertz CT molecular complexity index is 635. The van der Waals surface area contributed by atoms with E-state index in [9.17, 15) is 13.2 Å². The topological polar surface area (TPSA) is 92.5 Å². The summed E-state index contributed by atoms with van der Waals surface area (Å²) in [7, 11) is -3.13. The van der Waals surface area contributed by atoms with Crippen molar-refractivity contribution < 1.29 is 13.2 Å². The van der Waals surface area contributed by atoms with Gasteiger partial charge in [0.25, 0.3) is 5.91 Å². The van der Waals surface area contributed by atoms with Crippen molar-refractivity contribution in [3.8, 4) is 0 Å². The maximum absolute atomic E-state index is 12.2. The number of carbonyl (C=O) groups excluding carboxylic acids is 1. The van der Waals surface area contributed by atoms with E-state index in [1.54, 1.807) is 18.2 Å². The molecular formula is C14H21N3O3S. The fraction of sp³-hybridized carbons (Fsp3) is 0.500. The molecule has 1 aromatic carbocycles. The molecule has 6 nitrogen and oxygen atoms in total. The van der Waals surface area contributed by atoms with E-state index in [1.165, 1.54) is 10.6 Å². The molecule has 116 valence electrons. The molecule has 1 aromatic rings. The zero-order valence-corrected chi connectivity index (χ0v) is 13.1. The number of carbonyl (C=O) groups is 1. The van der Waals surface area contributed by atoms with Crippen LogP contribution in [0.3, 0.4) is 0 Å². The summed E-state index contributed by atoms with van der Waals surface area (Å²) in [5.74, 6) is -0.134. The molecule has 1 amide bonds. The van der Waals surface area contributed by atoms with E-state index in [-0.39, 0.29) is 11.9 Å². The summed E-state index contributed by atoms with van der Waals surface area (Å²) in [6.45, 7) is 2.74. The third-order valence-corrected chi connectivity index (χ3v) is 5.06. The molecule has 7 heteroatoms. The second kappa shape index (κ2) is 6.03. The van der Waals surface area contributed by atoms with Crippen LogP contribution in [0.1, 0.15) is 28.8 Å². The highest BCUT2D eigenvalue weighted by Crippen LogP contribution is 2.16. The third kappa shape index (κ3) is 3.95. The zero-order valence-electron chi connectivity index (χ0n) is 12.3. The number of nitrogen functional groups attached to an aromatic ring is 1. The Hall–Kier alpha value is -1.60. The van der Waals surface area contributed by atoms with Gasteiger partial charge in [-0.15, -0.1) is 0 Å². The third-order valence-electron chi connectivity index (χ3n) is 3.75. The van der Waals surface area contributed by atoms with Gasteiger partial charge < -0.3 is 11.1 Å². The van der Waals surface area contributed by atoms with Gasteiger partial charge >= 0.3 is 0 Å². The molecule has 1 heterocycles. The van der Waals surface area contributed by atoms with E-state index in [0.717, 1.165) is 5.56 Å². The van der Waals surface area contributed by atoms with Crippen LogP contribution in [0.4, 0.5) is 5.69 Å². The molecule has 2 rings (SSSR count). The predicted octanol–water partition coefficient (Wildman–Crippen LogP) is 0.731. The van der Waals surface area contributed by atoms with Gasteiger partial charge in [0, 0.05) is 30.4 Å². The van der Waals surface area contributed by atoms with E-state index >= 15 is 0 Å². The summed E-state index contributed by atoms with van der Waals surface area (Å²) in [5, 5.41) is 2.97. The first kappa shape index (κ1) is 15.8. The van der Waals surface area contributed by atoms with Crippen molar-refractivity contribution in [3.63, 3.8) is 0 Å². The number of aryl methyl sites for hydroxylation is 1. The zero-order chi connectivity index (χ0) is 15.6. The SMILES string of the molecule is Cc1cc(N)ccc1C(=O)NC1CCN(S(C)(=O)=O)CC1. The highest BCUT2D eigenvalue weighted by Gasteiger charge is 2.26. The summed E-state index contributed by atoms with van der Waals surface area (Å²) in [6, 6.07) is 5.19. The smallest absolute Gasteiger partial charge is 0.251 e. The highest BCUT2D eigenvalue weighted by atomic mass is 32.2. The van der Waals surface area contributed by atoms with Crippen molar-refractivity contribution in [1.82, 2.24) is 9.62 Å². The minimum atomic E-state index is -3.13. The van der Waals surface area contributed by atoms with Gasteiger partial charge in [-0.3, -0.25) is 4.79 Å². The standard InChI is InChI=1S/C14H21N3O3S/c1-10-9-11(15)3-4-13(10)14(18)16-12-5-7-17(8-6-12)21(2,19)20/h3-4,9,12H,5-8,15H2,1-2H3,(H,16,18). The van der Waals surface area contributed by atoms with E-state index < -0.39 is 10.0 Å². The molecule has 0 aliphatic carbocycles. The van der Waals surface area contributed by atoms with Crippen molar-refractivity contribution in [2.75, 3.05) is 25.1 Å².